The first-order valence-corrected chi connectivity index (χ1v) is 5.34. The monoisotopic (exact) mass is 376 g/mol. The Morgan fingerprint density at radius 2 is 0.714 bits per heavy atom. The highest BCUT2D eigenvalue weighted by Gasteiger charge is 3.05. The minimum absolute atomic E-state index is 2.92. The van der Waals surface area contributed by atoms with Gasteiger partial charge in [0.2, 0.25) is 0 Å². The molecule has 124 valence electrons. The minimum Gasteiger partial charge on any atom is -0.284 e. The van der Waals surface area contributed by atoms with Crippen molar-refractivity contribution in [3.8, 4) is 0 Å². The summed E-state index contributed by atoms with van der Waals surface area (Å²) >= 11 is 8.78. The SMILES string of the molecule is FC1(Cl)OC2(OC1(F)Cl)C(F)(F)C(F)(F)C(F)(F)C2(F)F. The predicted molar refractivity (Wildman–Crippen MR) is 44.1 cm³/mol. The van der Waals surface area contributed by atoms with Crippen molar-refractivity contribution in [1.82, 2.24) is 0 Å². The van der Waals surface area contributed by atoms with E-state index in [4.69, 9.17) is 0 Å². The molecule has 1 aliphatic carbocycles. The maximum absolute atomic E-state index is 13.3. The molecular formula is C7Cl2F10O2. The van der Waals surface area contributed by atoms with Crippen molar-refractivity contribution in [2.24, 2.45) is 0 Å². The summed E-state index contributed by atoms with van der Waals surface area (Å²) in [5.41, 5.74) is 0. The van der Waals surface area contributed by atoms with Crippen LogP contribution in [0.3, 0.4) is 0 Å². The van der Waals surface area contributed by atoms with Gasteiger partial charge in [-0.2, -0.15) is 43.9 Å². The standard InChI is InChI=1S/C7Cl2F10O2/c8-6(18)7(9,19)21-5(20-6)3(14,15)1(10,11)2(12,13)4(5,16)17. The van der Waals surface area contributed by atoms with Crippen molar-refractivity contribution < 1.29 is 53.4 Å². The summed E-state index contributed by atoms with van der Waals surface area (Å²) < 4.78 is 137. The van der Waals surface area contributed by atoms with E-state index in [-0.39, 0.29) is 0 Å². The van der Waals surface area contributed by atoms with Crippen molar-refractivity contribution in [2.75, 3.05) is 0 Å². The number of ether oxygens (including phenoxy) is 2. The van der Waals surface area contributed by atoms with Crippen LogP contribution in [0.15, 0.2) is 0 Å². The van der Waals surface area contributed by atoms with Crippen LogP contribution in [0.4, 0.5) is 43.9 Å². The molecule has 1 saturated heterocycles. The molecule has 1 heterocycles. The van der Waals surface area contributed by atoms with Crippen LogP contribution in [0, 0.1) is 0 Å². The lowest BCUT2D eigenvalue weighted by Crippen LogP contribution is -2.60. The fourth-order valence-electron chi connectivity index (χ4n) is 1.76. The van der Waals surface area contributed by atoms with Crippen molar-refractivity contribution in [2.45, 2.75) is 40.1 Å². The second-order valence-electron chi connectivity index (χ2n) is 4.15. The summed E-state index contributed by atoms with van der Waals surface area (Å²) in [6, 6.07) is 0. The molecule has 1 saturated carbocycles. The van der Waals surface area contributed by atoms with Gasteiger partial charge in [-0.1, -0.05) is 0 Å². The molecule has 0 N–H and O–H groups in total. The average Bonchev–Trinajstić information content (AvgIpc) is 2.47. The molecule has 0 radical (unpaired) electrons. The largest absolute Gasteiger partial charge is 0.384 e. The van der Waals surface area contributed by atoms with E-state index in [1.165, 1.54) is 0 Å². The third-order valence-electron chi connectivity index (χ3n) is 2.89. The van der Waals surface area contributed by atoms with E-state index in [1.807, 2.05) is 0 Å². The maximum atomic E-state index is 13.3. The molecule has 1 aliphatic heterocycles. The zero-order valence-corrected chi connectivity index (χ0v) is 10.4. The number of rotatable bonds is 0. The van der Waals surface area contributed by atoms with Gasteiger partial charge in [-0.3, -0.25) is 9.47 Å². The summed E-state index contributed by atoms with van der Waals surface area (Å²) in [5.74, 6) is -32.5. The highest BCUT2D eigenvalue weighted by Crippen LogP contribution is 2.73. The van der Waals surface area contributed by atoms with E-state index in [2.05, 4.69) is 32.7 Å². The van der Waals surface area contributed by atoms with Crippen molar-refractivity contribution in [3.05, 3.63) is 0 Å². The van der Waals surface area contributed by atoms with Gasteiger partial charge in [-0.25, -0.2) is 0 Å². The summed E-state index contributed by atoms with van der Waals surface area (Å²) in [5, 5.41) is -9.73. The molecule has 0 aromatic heterocycles. The normalized spacial score (nSPS) is 45.1. The van der Waals surface area contributed by atoms with Gasteiger partial charge < -0.3 is 0 Å². The maximum Gasteiger partial charge on any atom is 0.384 e. The topological polar surface area (TPSA) is 18.5 Å². The Balaban J connectivity index is 2.76. The smallest absolute Gasteiger partial charge is 0.284 e. The lowest BCUT2D eigenvalue weighted by Gasteiger charge is -2.32. The Morgan fingerprint density at radius 3 is 0.952 bits per heavy atom. The highest BCUT2D eigenvalue weighted by molar-refractivity contribution is 6.32. The average molecular weight is 377 g/mol. The molecule has 2 rings (SSSR count). The van der Waals surface area contributed by atoms with Gasteiger partial charge in [-0.05, 0) is 23.2 Å². The minimum atomic E-state index is -6.78. The van der Waals surface area contributed by atoms with Crippen LogP contribution >= 0.6 is 23.2 Å². The summed E-state index contributed by atoms with van der Waals surface area (Å²) in [7, 11) is 0. The highest BCUT2D eigenvalue weighted by atomic mass is 35.5. The lowest BCUT2D eigenvalue weighted by molar-refractivity contribution is -0.386. The van der Waals surface area contributed by atoms with Crippen LogP contribution in [-0.4, -0.2) is 40.1 Å². The third-order valence-corrected chi connectivity index (χ3v) is 3.63. The summed E-state index contributed by atoms with van der Waals surface area (Å²) in [6.07, 6.45) is 0. The Bertz CT molecular complexity index is 446. The van der Waals surface area contributed by atoms with Crippen LogP contribution in [0.25, 0.3) is 0 Å². The van der Waals surface area contributed by atoms with Gasteiger partial charge in [0, 0.05) is 0 Å². The second kappa shape index (κ2) is 3.65. The van der Waals surface area contributed by atoms with Gasteiger partial charge in [0.05, 0.1) is 0 Å². The van der Waals surface area contributed by atoms with Crippen molar-refractivity contribution in [3.63, 3.8) is 0 Å². The predicted octanol–water partition coefficient (Wildman–Crippen LogP) is 4.01. The quantitative estimate of drug-likeness (QED) is 0.469. The number of alkyl halides is 12. The molecule has 2 aliphatic rings. The molecule has 21 heavy (non-hydrogen) atoms. The van der Waals surface area contributed by atoms with Crippen LogP contribution < -0.4 is 0 Å². The Morgan fingerprint density at radius 1 is 0.476 bits per heavy atom. The van der Waals surface area contributed by atoms with Gasteiger partial charge in [0.25, 0.3) is 0 Å². The third kappa shape index (κ3) is 1.45. The van der Waals surface area contributed by atoms with Crippen LogP contribution in [0.5, 0.6) is 0 Å². The van der Waals surface area contributed by atoms with Crippen LogP contribution in [0.2, 0.25) is 0 Å². The first-order chi connectivity index (χ1) is 8.91. The molecule has 0 aromatic rings. The zero-order valence-electron chi connectivity index (χ0n) is 8.85. The molecule has 1 spiro atoms. The molecule has 14 heteroatoms. The number of hydrogen-bond donors (Lipinski definition) is 0. The molecule has 0 amide bonds. The van der Waals surface area contributed by atoms with Crippen LogP contribution in [0.1, 0.15) is 0 Å². The Hall–Kier alpha value is -0.200. The van der Waals surface area contributed by atoms with Crippen LogP contribution in [-0.2, 0) is 9.47 Å². The van der Waals surface area contributed by atoms with E-state index in [9.17, 15) is 43.9 Å². The Labute approximate surface area is 117 Å². The molecule has 0 bridgehead atoms. The van der Waals surface area contributed by atoms with E-state index in [1.54, 1.807) is 0 Å². The number of hydrogen-bond acceptors (Lipinski definition) is 2. The molecule has 2 unspecified atom stereocenters. The van der Waals surface area contributed by atoms with Gasteiger partial charge >= 0.3 is 40.1 Å². The molecule has 2 atom stereocenters. The summed E-state index contributed by atoms with van der Waals surface area (Å²) in [4.78, 5) is 0. The van der Waals surface area contributed by atoms with Gasteiger partial charge in [0.15, 0.2) is 0 Å². The fourth-order valence-corrected chi connectivity index (χ4v) is 2.06. The first-order valence-electron chi connectivity index (χ1n) is 4.58. The second-order valence-corrected chi connectivity index (χ2v) is 5.12. The van der Waals surface area contributed by atoms with E-state index >= 15 is 0 Å². The van der Waals surface area contributed by atoms with E-state index < -0.39 is 40.1 Å². The number of halogens is 12. The summed E-state index contributed by atoms with van der Waals surface area (Å²) in [6.45, 7) is 0. The van der Waals surface area contributed by atoms with E-state index in [0.717, 1.165) is 0 Å². The lowest BCUT2D eigenvalue weighted by atomic mass is 10.1. The molecule has 2 nitrogen and oxygen atoms in total. The van der Waals surface area contributed by atoms with Crippen molar-refractivity contribution in [1.29, 1.82) is 0 Å². The molecule has 0 aromatic carbocycles. The molecule has 2 fully saturated rings. The van der Waals surface area contributed by atoms with E-state index in [0.29, 0.717) is 0 Å². The zero-order chi connectivity index (χ0) is 16.9. The Kier molecular flexibility index (Phi) is 2.98. The molecular weight excluding hydrogens is 377 g/mol. The fraction of sp³-hybridized carbons (Fsp3) is 1.00. The first kappa shape index (κ1) is 17.2. The van der Waals surface area contributed by atoms with Gasteiger partial charge in [0.1, 0.15) is 0 Å². The van der Waals surface area contributed by atoms with Crippen molar-refractivity contribution >= 4 is 23.2 Å². The van der Waals surface area contributed by atoms with Gasteiger partial charge in [-0.15, -0.1) is 0 Å².